The van der Waals surface area contributed by atoms with E-state index in [1.807, 2.05) is 0 Å². The van der Waals surface area contributed by atoms with Gasteiger partial charge in [-0.15, -0.1) is 0 Å². The number of nitriles is 2. The number of ether oxygens (including phenoxy) is 1. The Morgan fingerprint density at radius 3 is 1.78 bits per heavy atom. The number of esters is 1. The summed E-state index contributed by atoms with van der Waals surface area (Å²) < 4.78 is 5.83. The Labute approximate surface area is 266 Å². The zero-order valence-electron chi connectivity index (χ0n) is 25.7. The minimum absolute atomic E-state index is 0.219. The number of rotatable bonds is 13. The summed E-state index contributed by atoms with van der Waals surface area (Å²) in [6.07, 6.45) is 9.78. The van der Waals surface area contributed by atoms with Crippen molar-refractivity contribution in [3.8, 4) is 35.8 Å². The van der Waals surface area contributed by atoms with E-state index >= 15 is 0 Å². The molecule has 0 aliphatic heterocycles. The summed E-state index contributed by atoms with van der Waals surface area (Å²) in [4.78, 5) is 25.8. The number of amides is 1. The Hall–Kier alpha value is -5.56. The number of hydrogen-bond donors (Lipinski definition) is 1. The van der Waals surface area contributed by atoms with Crippen LogP contribution in [0, 0.1) is 46.3 Å². The highest BCUT2D eigenvalue weighted by molar-refractivity contribution is 5.93. The summed E-state index contributed by atoms with van der Waals surface area (Å²) in [5.74, 6) is 11.2. The molecule has 0 aliphatic rings. The van der Waals surface area contributed by atoms with Crippen LogP contribution >= 0.6 is 0 Å². The fourth-order valence-corrected chi connectivity index (χ4v) is 4.47. The maximum absolute atomic E-state index is 13.6. The van der Waals surface area contributed by atoms with Crippen LogP contribution in [0.25, 0.3) is 0 Å². The monoisotopic (exact) mass is 595 g/mol. The Bertz CT molecular complexity index is 1670. The molecule has 0 radical (unpaired) electrons. The van der Waals surface area contributed by atoms with Crippen LogP contribution in [0.2, 0.25) is 0 Å². The SMILES string of the molecule is C=CC(=O)NC(CCCCCCCCCC)OC(=O)c1cc(C#Cc2ccc(C#N)cc2)ccc1C#Cc1ccc(C#N)cc1. The molecule has 0 bridgehead atoms. The predicted molar refractivity (Wildman–Crippen MR) is 175 cm³/mol. The van der Waals surface area contributed by atoms with E-state index in [0.29, 0.717) is 34.2 Å². The lowest BCUT2D eigenvalue weighted by molar-refractivity contribution is -0.119. The molecular weight excluding hydrogens is 558 g/mol. The quantitative estimate of drug-likeness (QED) is 0.0723. The molecule has 45 heavy (non-hydrogen) atoms. The second kappa shape index (κ2) is 18.9. The number of hydrogen-bond acceptors (Lipinski definition) is 5. The lowest BCUT2D eigenvalue weighted by Gasteiger charge is -2.19. The molecule has 0 spiro atoms. The lowest BCUT2D eigenvalue weighted by atomic mass is 10.0. The number of nitrogens with zero attached hydrogens (tertiary/aromatic N) is 2. The fraction of sp³-hybridized carbons (Fsp3) is 0.282. The number of nitrogens with one attached hydrogen (secondary N) is 1. The predicted octanol–water partition coefficient (Wildman–Crippen LogP) is 7.55. The van der Waals surface area contributed by atoms with Crippen LogP contribution in [-0.4, -0.2) is 18.1 Å². The number of carbonyl (C=O) groups excluding carboxylic acids is 2. The van der Waals surface area contributed by atoms with Crippen LogP contribution in [0.5, 0.6) is 0 Å². The molecule has 226 valence electrons. The molecule has 1 unspecified atom stereocenters. The maximum atomic E-state index is 13.6. The van der Waals surface area contributed by atoms with Crippen LogP contribution in [0.4, 0.5) is 0 Å². The van der Waals surface area contributed by atoms with Crippen molar-refractivity contribution in [3.05, 3.63) is 118 Å². The third-order valence-corrected chi connectivity index (χ3v) is 7.02. The third kappa shape index (κ3) is 11.9. The van der Waals surface area contributed by atoms with Crippen molar-refractivity contribution in [1.29, 1.82) is 10.5 Å². The standard InChI is InChI=1S/C39H37N3O3/c1-3-5-6-7-8-9-10-11-12-38(42-37(43)4-2)45-39(44)36-27-32(18-13-30-14-19-33(28-40)20-15-30)24-26-35(36)25-23-31-16-21-34(29-41)22-17-31/h4,14-17,19-22,24,26-27,38H,2-3,5-12H2,1H3,(H,42,43). The van der Waals surface area contributed by atoms with E-state index in [2.05, 4.69) is 54.6 Å². The second-order valence-corrected chi connectivity index (χ2v) is 10.5. The summed E-state index contributed by atoms with van der Waals surface area (Å²) in [6, 6.07) is 23.0. The minimum Gasteiger partial charge on any atom is -0.438 e. The van der Waals surface area contributed by atoms with E-state index < -0.39 is 18.1 Å². The normalized spacial score (nSPS) is 10.5. The first kappa shape index (κ1) is 33.9. The molecule has 1 atom stereocenters. The molecule has 3 aromatic carbocycles. The van der Waals surface area contributed by atoms with Gasteiger partial charge in [0.15, 0.2) is 6.23 Å². The first-order chi connectivity index (χ1) is 21.9. The van der Waals surface area contributed by atoms with Crippen LogP contribution in [0.3, 0.4) is 0 Å². The Kier molecular flexibility index (Phi) is 14.2. The molecule has 3 rings (SSSR count). The van der Waals surface area contributed by atoms with Gasteiger partial charge in [0.25, 0.3) is 0 Å². The first-order valence-electron chi connectivity index (χ1n) is 15.3. The zero-order chi connectivity index (χ0) is 32.3. The molecule has 1 amide bonds. The lowest BCUT2D eigenvalue weighted by Crippen LogP contribution is -2.37. The smallest absolute Gasteiger partial charge is 0.341 e. The van der Waals surface area contributed by atoms with Gasteiger partial charge in [-0.25, -0.2) is 4.79 Å². The molecule has 6 nitrogen and oxygen atoms in total. The van der Waals surface area contributed by atoms with Crippen LogP contribution in [0.1, 0.15) is 108 Å². The van der Waals surface area contributed by atoms with Gasteiger partial charge in [-0.3, -0.25) is 4.79 Å². The molecule has 1 N–H and O–H groups in total. The molecule has 0 aliphatic carbocycles. The van der Waals surface area contributed by atoms with Crippen molar-refractivity contribution in [2.24, 2.45) is 0 Å². The topological polar surface area (TPSA) is 103 Å². The van der Waals surface area contributed by atoms with E-state index in [0.717, 1.165) is 30.9 Å². The Balaban J connectivity index is 1.84. The minimum atomic E-state index is -0.823. The van der Waals surface area contributed by atoms with Gasteiger partial charge in [-0.05, 0) is 79.2 Å². The fourth-order valence-electron chi connectivity index (χ4n) is 4.47. The van der Waals surface area contributed by atoms with E-state index in [9.17, 15) is 9.59 Å². The summed E-state index contributed by atoms with van der Waals surface area (Å²) >= 11 is 0. The summed E-state index contributed by atoms with van der Waals surface area (Å²) in [7, 11) is 0. The van der Waals surface area contributed by atoms with Crippen molar-refractivity contribution < 1.29 is 14.3 Å². The molecule has 3 aromatic rings. The summed E-state index contributed by atoms with van der Waals surface area (Å²) in [6.45, 7) is 5.72. The van der Waals surface area contributed by atoms with Gasteiger partial charge in [0.05, 0.1) is 28.8 Å². The van der Waals surface area contributed by atoms with Crippen LogP contribution in [-0.2, 0) is 9.53 Å². The number of carbonyl (C=O) groups is 2. The van der Waals surface area contributed by atoms with Crippen molar-refractivity contribution in [3.63, 3.8) is 0 Å². The van der Waals surface area contributed by atoms with Crippen molar-refractivity contribution in [1.82, 2.24) is 5.32 Å². The highest BCUT2D eigenvalue weighted by Crippen LogP contribution is 2.17. The third-order valence-electron chi connectivity index (χ3n) is 7.02. The van der Waals surface area contributed by atoms with Gasteiger partial charge < -0.3 is 10.1 Å². The maximum Gasteiger partial charge on any atom is 0.341 e. The van der Waals surface area contributed by atoms with E-state index in [4.69, 9.17) is 15.3 Å². The molecule has 0 saturated carbocycles. The molecule has 0 heterocycles. The average molecular weight is 596 g/mol. The van der Waals surface area contributed by atoms with Gasteiger partial charge >= 0.3 is 5.97 Å². The highest BCUT2D eigenvalue weighted by Gasteiger charge is 2.20. The van der Waals surface area contributed by atoms with E-state index in [-0.39, 0.29) is 5.56 Å². The van der Waals surface area contributed by atoms with Gasteiger partial charge in [0.1, 0.15) is 0 Å². The molecule has 0 saturated heterocycles. The second-order valence-electron chi connectivity index (χ2n) is 10.5. The van der Waals surface area contributed by atoms with Gasteiger partial charge in [0, 0.05) is 28.7 Å². The van der Waals surface area contributed by atoms with Gasteiger partial charge in [-0.1, -0.05) is 82.1 Å². The van der Waals surface area contributed by atoms with E-state index in [1.54, 1.807) is 66.7 Å². The average Bonchev–Trinajstić information content (AvgIpc) is 3.07. The molecular formula is C39H37N3O3. The van der Waals surface area contributed by atoms with Crippen LogP contribution in [0.15, 0.2) is 79.4 Å². The zero-order valence-corrected chi connectivity index (χ0v) is 25.7. The van der Waals surface area contributed by atoms with Gasteiger partial charge in [-0.2, -0.15) is 10.5 Å². The van der Waals surface area contributed by atoms with E-state index in [1.165, 1.54) is 32.1 Å². The molecule has 0 aromatic heterocycles. The van der Waals surface area contributed by atoms with Crippen molar-refractivity contribution in [2.45, 2.75) is 70.9 Å². The summed E-state index contributed by atoms with van der Waals surface area (Å²) in [5, 5.41) is 20.8. The Morgan fingerprint density at radius 2 is 1.22 bits per heavy atom. The van der Waals surface area contributed by atoms with Crippen LogP contribution < -0.4 is 5.32 Å². The molecule has 6 heteroatoms. The largest absolute Gasteiger partial charge is 0.438 e. The first-order valence-corrected chi connectivity index (χ1v) is 15.3. The van der Waals surface area contributed by atoms with Crippen molar-refractivity contribution in [2.75, 3.05) is 0 Å². The number of benzene rings is 3. The highest BCUT2D eigenvalue weighted by atomic mass is 16.6. The Morgan fingerprint density at radius 1 is 0.733 bits per heavy atom. The number of unbranched alkanes of at least 4 members (excludes halogenated alkanes) is 7. The van der Waals surface area contributed by atoms with Gasteiger partial charge in [0.2, 0.25) is 5.91 Å². The molecule has 0 fully saturated rings. The van der Waals surface area contributed by atoms with Crippen molar-refractivity contribution >= 4 is 11.9 Å². The summed E-state index contributed by atoms with van der Waals surface area (Å²) in [5.41, 5.74) is 3.71.